The van der Waals surface area contributed by atoms with E-state index >= 15 is 0 Å². The molecule has 0 saturated carbocycles. The third kappa shape index (κ3) is 4.02. The smallest absolute Gasteiger partial charge is 0.226 e. The van der Waals surface area contributed by atoms with Crippen LogP contribution in [0.1, 0.15) is 18.1 Å². The van der Waals surface area contributed by atoms with Crippen LogP contribution in [0.4, 0.5) is 0 Å². The summed E-state index contributed by atoms with van der Waals surface area (Å²) >= 11 is 1.62. The summed E-state index contributed by atoms with van der Waals surface area (Å²) in [6.07, 6.45) is 4.04. The molecule has 0 saturated heterocycles. The number of benzene rings is 1. The number of carbonyl (C=O) groups is 1. The second kappa shape index (κ2) is 7.83. The monoisotopic (exact) mass is 366 g/mol. The van der Waals surface area contributed by atoms with Crippen molar-refractivity contribution >= 4 is 28.6 Å². The molecular weight excluding hydrogens is 344 g/mol. The van der Waals surface area contributed by atoms with Crippen LogP contribution in [0.3, 0.4) is 0 Å². The molecule has 3 rings (SSSR count). The Morgan fingerprint density at radius 2 is 1.88 bits per heavy atom. The molecule has 0 unspecified atom stereocenters. The maximum absolute atomic E-state index is 11.9. The molecule has 0 N–H and O–H groups in total. The fourth-order valence-corrected chi connectivity index (χ4v) is 3.20. The van der Waals surface area contributed by atoms with E-state index in [0.29, 0.717) is 6.42 Å². The lowest BCUT2D eigenvalue weighted by Crippen LogP contribution is -2.23. The number of aryl methyl sites for hydroxylation is 1. The van der Waals surface area contributed by atoms with E-state index in [1.165, 1.54) is 0 Å². The average Bonchev–Trinajstić information content (AvgIpc) is 2.63. The molecule has 2 heterocycles. The lowest BCUT2D eigenvalue weighted by Gasteiger charge is -2.11. The molecule has 26 heavy (non-hydrogen) atoms. The van der Waals surface area contributed by atoms with Crippen LogP contribution in [-0.2, 0) is 11.2 Å². The maximum atomic E-state index is 11.9. The fourth-order valence-electron chi connectivity index (χ4n) is 2.68. The van der Waals surface area contributed by atoms with E-state index in [0.717, 1.165) is 44.2 Å². The largest absolute Gasteiger partial charge is 0.349 e. The number of carbonyl (C=O) groups excluding carboxylic acids is 1. The van der Waals surface area contributed by atoms with Crippen LogP contribution in [-0.4, -0.2) is 45.6 Å². The summed E-state index contributed by atoms with van der Waals surface area (Å²) in [6, 6.07) is 8.05. The average molecular weight is 366 g/mol. The Labute approximate surface area is 157 Å². The molecule has 134 valence electrons. The van der Waals surface area contributed by atoms with Gasteiger partial charge in [-0.1, -0.05) is 24.8 Å². The minimum absolute atomic E-state index is 0.0915. The maximum Gasteiger partial charge on any atom is 0.226 e. The summed E-state index contributed by atoms with van der Waals surface area (Å²) in [5.41, 5.74) is 4.80. The quantitative estimate of drug-likeness (QED) is 0.508. The molecule has 6 heteroatoms. The first kappa shape index (κ1) is 18.3. The van der Waals surface area contributed by atoms with Crippen molar-refractivity contribution in [1.29, 1.82) is 0 Å². The van der Waals surface area contributed by atoms with Crippen molar-refractivity contribution < 1.29 is 4.79 Å². The number of pyridine rings is 1. The minimum Gasteiger partial charge on any atom is -0.349 e. The molecule has 0 aliphatic carbocycles. The highest BCUT2D eigenvalue weighted by molar-refractivity contribution is 7.99. The van der Waals surface area contributed by atoms with Crippen LogP contribution in [0.25, 0.3) is 22.2 Å². The van der Waals surface area contributed by atoms with Crippen LogP contribution < -0.4 is 0 Å². The van der Waals surface area contributed by atoms with Crippen molar-refractivity contribution in [3.05, 3.63) is 47.8 Å². The number of amides is 1. The van der Waals surface area contributed by atoms with Crippen molar-refractivity contribution in [2.45, 2.75) is 25.4 Å². The molecule has 0 aliphatic heterocycles. The van der Waals surface area contributed by atoms with Gasteiger partial charge in [0.05, 0.1) is 17.6 Å². The van der Waals surface area contributed by atoms with E-state index in [9.17, 15) is 4.79 Å². The predicted octanol–water partition coefficient (Wildman–Crippen LogP) is 3.74. The number of fused-ring (bicyclic) bond motifs is 1. The topological polar surface area (TPSA) is 59.0 Å². The van der Waals surface area contributed by atoms with Gasteiger partial charge >= 0.3 is 0 Å². The first-order valence-electron chi connectivity index (χ1n) is 8.53. The molecule has 1 aromatic carbocycles. The zero-order valence-corrected chi connectivity index (χ0v) is 16.3. The summed E-state index contributed by atoms with van der Waals surface area (Å²) in [7, 11) is 3.55. The summed E-state index contributed by atoms with van der Waals surface area (Å²) < 4.78 is 0. The van der Waals surface area contributed by atoms with Crippen LogP contribution >= 0.6 is 11.8 Å². The van der Waals surface area contributed by atoms with Gasteiger partial charge in [0.2, 0.25) is 5.91 Å². The number of aromatic nitrogens is 3. The Balaban J connectivity index is 1.94. The van der Waals surface area contributed by atoms with Crippen molar-refractivity contribution in [3.8, 4) is 11.3 Å². The van der Waals surface area contributed by atoms with Crippen LogP contribution in [0, 0.1) is 6.92 Å². The molecule has 0 fully saturated rings. The zero-order valence-electron chi connectivity index (χ0n) is 15.5. The summed E-state index contributed by atoms with van der Waals surface area (Å²) in [6.45, 7) is 4.14. The number of thioether (sulfide) groups is 1. The molecular formula is C20H22N4OS. The van der Waals surface area contributed by atoms with Crippen molar-refractivity contribution in [2.24, 2.45) is 0 Å². The van der Waals surface area contributed by atoms with E-state index in [1.807, 2.05) is 30.6 Å². The molecule has 5 nitrogen and oxygen atoms in total. The van der Waals surface area contributed by atoms with Crippen LogP contribution in [0.15, 0.2) is 41.8 Å². The lowest BCUT2D eigenvalue weighted by molar-refractivity contribution is -0.127. The van der Waals surface area contributed by atoms with E-state index in [4.69, 9.17) is 4.98 Å². The molecule has 1 amide bonds. The number of likely N-dealkylation sites (N-methyl/N-ethyl adjacent to an activating group) is 1. The Hall–Kier alpha value is -2.47. The second-order valence-corrected chi connectivity index (χ2v) is 7.56. The minimum atomic E-state index is 0.0915. The van der Waals surface area contributed by atoms with Crippen molar-refractivity contribution in [3.63, 3.8) is 0 Å². The van der Waals surface area contributed by atoms with E-state index < -0.39 is 0 Å². The Morgan fingerprint density at radius 3 is 2.54 bits per heavy atom. The molecule has 0 aliphatic rings. The first-order valence-corrected chi connectivity index (χ1v) is 9.52. The molecule has 0 radical (unpaired) electrons. The van der Waals surface area contributed by atoms with Gasteiger partial charge in [0.1, 0.15) is 0 Å². The van der Waals surface area contributed by atoms with Gasteiger partial charge in [-0.05, 0) is 42.0 Å². The Morgan fingerprint density at radius 1 is 1.15 bits per heavy atom. The van der Waals surface area contributed by atoms with Gasteiger partial charge in [0, 0.05) is 37.4 Å². The lowest BCUT2D eigenvalue weighted by atomic mass is 10.0. The summed E-state index contributed by atoms with van der Waals surface area (Å²) in [5, 5.41) is 1.85. The highest BCUT2D eigenvalue weighted by Crippen LogP contribution is 2.25. The molecule has 0 bridgehead atoms. The number of rotatable bonds is 5. The van der Waals surface area contributed by atoms with Crippen molar-refractivity contribution in [1.82, 2.24) is 19.9 Å². The molecule has 3 aromatic rings. The van der Waals surface area contributed by atoms with E-state index in [1.54, 1.807) is 30.8 Å². The van der Waals surface area contributed by atoms with Crippen LogP contribution in [0.2, 0.25) is 0 Å². The normalized spacial score (nSPS) is 10.9. The summed E-state index contributed by atoms with van der Waals surface area (Å²) in [4.78, 5) is 27.1. The zero-order chi connectivity index (χ0) is 18.7. The van der Waals surface area contributed by atoms with Crippen molar-refractivity contribution in [2.75, 3.05) is 19.8 Å². The Bertz CT molecular complexity index is 938. The second-order valence-electron chi connectivity index (χ2n) is 6.33. The summed E-state index contributed by atoms with van der Waals surface area (Å²) in [5.74, 6) is 1.04. The van der Waals surface area contributed by atoms with E-state index in [-0.39, 0.29) is 5.91 Å². The van der Waals surface area contributed by atoms with Gasteiger partial charge in [0.15, 0.2) is 5.16 Å². The standard InChI is InChI=1S/C20H22N4OS/c1-5-26-20-21-11-15(12-22-20)18-8-13(2)16-9-14(6-7-17(16)23-18)10-19(25)24(3)4/h6-9,11-12H,5,10H2,1-4H3. The van der Waals surface area contributed by atoms with Gasteiger partial charge < -0.3 is 4.90 Å². The highest BCUT2D eigenvalue weighted by Gasteiger charge is 2.10. The molecule has 0 atom stereocenters. The third-order valence-corrected chi connectivity index (χ3v) is 4.89. The number of hydrogen-bond donors (Lipinski definition) is 0. The fraction of sp³-hybridized carbons (Fsp3) is 0.300. The predicted molar refractivity (Wildman–Crippen MR) is 106 cm³/mol. The van der Waals surface area contributed by atoms with Gasteiger partial charge in [-0.25, -0.2) is 15.0 Å². The van der Waals surface area contributed by atoms with Crippen LogP contribution in [0.5, 0.6) is 0 Å². The number of nitrogens with zero attached hydrogens (tertiary/aromatic N) is 4. The van der Waals surface area contributed by atoms with Gasteiger partial charge in [-0.15, -0.1) is 0 Å². The first-order chi connectivity index (χ1) is 12.5. The third-order valence-electron chi connectivity index (χ3n) is 4.13. The SMILES string of the molecule is CCSc1ncc(-c2cc(C)c3cc(CC(=O)N(C)C)ccc3n2)cn1. The Kier molecular flexibility index (Phi) is 5.52. The molecule has 0 spiro atoms. The highest BCUT2D eigenvalue weighted by atomic mass is 32.2. The molecule has 2 aromatic heterocycles. The number of hydrogen-bond acceptors (Lipinski definition) is 5. The van der Waals surface area contributed by atoms with Gasteiger partial charge in [0.25, 0.3) is 0 Å². The van der Waals surface area contributed by atoms with Gasteiger partial charge in [-0.2, -0.15) is 0 Å². The van der Waals surface area contributed by atoms with Gasteiger partial charge in [-0.3, -0.25) is 4.79 Å². The van der Waals surface area contributed by atoms with E-state index in [2.05, 4.69) is 29.9 Å².